The summed E-state index contributed by atoms with van der Waals surface area (Å²) < 4.78 is 5.50. The number of para-hydroxylation sites is 1. The number of carboxylic acids is 1. The van der Waals surface area contributed by atoms with Gasteiger partial charge >= 0.3 is 35.5 Å². The summed E-state index contributed by atoms with van der Waals surface area (Å²) >= 11 is 0. The molecule has 0 amide bonds. The van der Waals surface area contributed by atoms with Crippen LogP contribution in [0.2, 0.25) is 0 Å². The zero-order valence-corrected chi connectivity index (χ0v) is 9.17. The average Bonchev–Trinajstić information content (AvgIpc) is 2.38. The minimum absolute atomic E-state index is 0. The van der Waals surface area contributed by atoms with Crippen molar-refractivity contribution in [2.75, 3.05) is 0 Å². The first-order valence-corrected chi connectivity index (χ1v) is 5.26. The molecule has 2 rings (SSSR count). The third-order valence-corrected chi connectivity index (χ3v) is 2.35. The average molecular weight is 252 g/mol. The number of hydrogen-bond acceptors (Lipinski definition) is 2. The summed E-state index contributed by atoms with van der Waals surface area (Å²) in [5, 5.41) is 8.98. The molecule has 0 aliphatic rings. The molecular formula is C14H13NaO3. The quantitative estimate of drug-likeness (QED) is 0.849. The van der Waals surface area contributed by atoms with E-state index in [4.69, 9.17) is 9.84 Å². The van der Waals surface area contributed by atoms with Crippen molar-refractivity contribution in [1.29, 1.82) is 0 Å². The number of carboxylic acid groups (broad SMARTS) is 1. The SMILES string of the molecule is O=C(O)c1ccccc1OCc1ccccc1.[NaH]. The molecule has 0 aromatic heterocycles. The molecule has 2 aromatic carbocycles. The minimum atomic E-state index is -0.978. The molecule has 0 radical (unpaired) electrons. The van der Waals surface area contributed by atoms with Gasteiger partial charge in [0.25, 0.3) is 0 Å². The third kappa shape index (κ3) is 3.88. The van der Waals surface area contributed by atoms with Crippen molar-refractivity contribution in [3.63, 3.8) is 0 Å². The Kier molecular flexibility index (Phi) is 5.92. The van der Waals surface area contributed by atoms with Crippen molar-refractivity contribution < 1.29 is 14.6 Å². The Balaban J connectivity index is 0.00000162. The molecule has 0 unspecified atom stereocenters. The Morgan fingerprint density at radius 2 is 1.61 bits per heavy atom. The number of ether oxygens (including phenoxy) is 1. The summed E-state index contributed by atoms with van der Waals surface area (Å²) in [6.45, 7) is 0.366. The monoisotopic (exact) mass is 252 g/mol. The van der Waals surface area contributed by atoms with E-state index in [1.165, 1.54) is 6.07 Å². The zero-order valence-electron chi connectivity index (χ0n) is 9.17. The van der Waals surface area contributed by atoms with E-state index in [0.29, 0.717) is 12.4 Å². The van der Waals surface area contributed by atoms with E-state index in [1.54, 1.807) is 18.2 Å². The van der Waals surface area contributed by atoms with Crippen molar-refractivity contribution in [2.45, 2.75) is 6.61 Å². The van der Waals surface area contributed by atoms with Gasteiger partial charge < -0.3 is 9.84 Å². The summed E-state index contributed by atoms with van der Waals surface area (Å²) in [4.78, 5) is 11.0. The maximum atomic E-state index is 11.0. The predicted octanol–water partition coefficient (Wildman–Crippen LogP) is 2.32. The van der Waals surface area contributed by atoms with E-state index in [2.05, 4.69) is 0 Å². The second-order valence-electron chi connectivity index (χ2n) is 3.58. The van der Waals surface area contributed by atoms with Crippen molar-refractivity contribution >= 4 is 35.5 Å². The first-order chi connectivity index (χ1) is 8.27. The van der Waals surface area contributed by atoms with Crippen LogP contribution in [0.15, 0.2) is 54.6 Å². The summed E-state index contributed by atoms with van der Waals surface area (Å²) in [6.07, 6.45) is 0. The summed E-state index contributed by atoms with van der Waals surface area (Å²) in [5.41, 5.74) is 1.19. The van der Waals surface area contributed by atoms with Gasteiger partial charge in [0, 0.05) is 0 Å². The van der Waals surface area contributed by atoms with Crippen LogP contribution in [0.4, 0.5) is 0 Å². The van der Waals surface area contributed by atoms with Crippen LogP contribution in [0.5, 0.6) is 5.75 Å². The van der Waals surface area contributed by atoms with E-state index in [0.717, 1.165) is 5.56 Å². The van der Waals surface area contributed by atoms with Crippen molar-refractivity contribution in [1.82, 2.24) is 0 Å². The van der Waals surface area contributed by atoms with Gasteiger partial charge in [-0.15, -0.1) is 0 Å². The van der Waals surface area contributed by atoms with E-state index < -0.39 is 5.97 Å². The van der Waals surface area contributed by atoms with Gasteiger partial charge in [0.1, 0.15) is 17.9 Å². The van der Waals surface area contributed by atoms with Gasteiger partial charge in [0.15, 0.2) is 0 Å². The van der Waals surface area contributed by atoms with Crippen LogP contribution >= 0.6 is 0 Å². The van der Waals surface area contributed by atoms with Crippen molar-refractivity contribution in [3.8, 4) is 5.75 Å². The van der Waals surface area contributed by atoms with Crippen LogP contribution in [0.3, 0.4) is 0 Å². The Morgan fingerprint density at radius 3 is 2.28 bits per heavy atom. The van der Waals surface area contributed by atoms with Gasteiger partial charge in [0.2, 0.25) is 0 Å². The molecule has 2 aromatic rings. The molecule has 18 heavy (non-hydrogen) atoms. The normalized spacial score (nSPS) is 9.33. The molecule has 0 saturated heterocycles. The molecule has 1 N–H and O–H groups in total. The molecule has 0 spiro atoms. The van der Waals surface area contributed by atoms with Crippen LogP contribution in [0.25, 0.3) is 0 Å². The van der Waals surface area contributed by atoms with Crippen LogP contribution in [-0.2, 0) is 6.61 Å². The second kappa shape index (κ2) is 7.21. The Labute approximate surface area is 128 Å². The van der Waals surface area contributed by atoms with Gasteiger partial charge in [-0.1, -0.05) is 42.5 Å². The van der Waals surface area contributed by atoms with Crippen LogP contribution in [0.1, 0.15) is 15.9 Å². The van der Waals surface area contributed by atoms with E-state index in [-0.39, 0.29) is 35.1 Å². The Hall–Kier alpha value is -1.29. The number of aromatic carboxylic acids is 1. The Morgan fingerprint density at radius 1 is 1.00 bits per heavy atom. The molecule has 0 aliphatic carbocycles. The summed E-state index contributed by atoms with van der Waals surface area (Å²) in [5.74, 6) is -0.586. The standard InChI is InChI=1S/C14H12O3.Na.H/c15-14(16)12-8-4-5-9-13(12)17-10-11-6-2-1-3-7-11;;/h1-9H,10H2,(H,15,16);;. The molecule has 3 nitrogen and oxygen atoms in total. The van der Waals surface area contributed by atoms with Gasteiger partial charge in [-0.2, -0.15) is 0 Å². The number of carbonyl (C=O) groups is 1. The van der Waals surface area contributed by atoms with Gasteiger partial charge in [-0.25, -0.2) is 4.79 Å². The zero-order chi connectivity index (χ0) is 12.1. The molecule has 88 valence electrons. The van der Waals surface area contributed by atoms with Gasteiger partial charge in [-0.3, -0.25) is 0 Å². The van der Waals surface area contributed by atoms with E-state index in [9.17, 15) is 4.79 Å². The Bertz CT molecular complexity index is 511. The first-order valence-electron chi connectivity index (χ1n) is 5.26. The molecular weight excluding hydrogens is 239 g/mol. The maximum absolute atomic E-state index is 11.0. The number of rotatable bonds is 4. The van der Waals surface area contributed by atoms with E-state index >= 15 is 0 Å². The molecule has 0 saturated carbocycles. The van der Waals surface area contributed by atoms with Crippen LogP contribution < -0.4 is 4.74 Å². The van der Waals surface area contributed by atoms with E-state index in [1.807, 2.05) is 30.3 Å². The second-order valence-corrected chi connectivity index (χ2v) is 3.58. The topological polar surface area (TPSA) is 46.5 Å². The molecule has 0 heterocycles. The predicted molar refractivity (Wildman–Crippen MR) is 71.3 cm³/mol. The molecule has 0 aliphatic heterocycles. The molecule has 0 fully saturated rings. The van der Waals surface area contributed by atoms with Crippen LogP contribution in [-0.4, -0.2) is 40.6 Å². The summed E-state index contributed by atoms with van der Waals surface area (Å²) in [6, 6.07) is 16.3. The first kappa shape index (κ1) is 14.8. The fraction of sp³-hybridized carbons (Fsp3) is 0.0714. The van der Waals surface area contributed by atoms with Gasteiger partial charge in [-0.05, 0) is 17.7 Å². The van der Waals surface area contributed by atoms with Crippen molar-refractivity contribution in [2.24, 2.45) is 0 Å². The molecule has 0 atom stereocenters. The fourth-order valence-electron chi connectivity index (χ4n) is 1.50. The third-order valence-electron chi connectivity index (χ3n) is 2.35. The van der Waals surface area contributed by atoms with Gasteiger partial charge in [0.05, 0.1) is 0 Å². The van der Waals surface area contributed by atoms with Crippen molar-refractivity contribution in [3.05, 3.63) is 65.7 Å². The number of hydrogen-bond donors (Lipinski definition) is 1. The fourth-order valence-corrected chi connectivity index (χ4v) is 1.50. The number of benzene rings is 2. The summed E-state index contributed by atoms with van der Waals surface area (Å²) in [7, 11) is 0. The molecule has 0 bridgehead atoms. The van der Waals surface area contributed by atoms with Crippen LogP contribution in [0, 0.1) is 0 Å². The molecule has 4 heteroatoms.